The number of fused-ring (bicyclic) bond motifs is 1. The third kappa shape index (κ3) is 1.05. The second-order valence-corrected chi connectivity index (χ2v) is 2.59. The molecule has 0 saturated carbocycles. The number of pyridine rings is 1. The van der Waals surface area contributed by atoms with Crippen LogP contribution < -0.4 is 11.4 Å². The van der Waals surface area contributed by atoms with Crippen LogP contribution in [-0.2, 0) is 7.05 Å². The molecule has 0 aromatic carbocycles. The second-order valence-electron chi connectivity index (χ2n) is 2.59. The number of hydrogen-bond acceptors (Lipinski definition) is 4. The molecule has 0 unspecified atom stereocenters. The summed E-state index contributed by atoms with van der Waals surface area (Å²) in [5, 5.41) is 0. The molecule has 0 amide bonds. The third-order valence-electron chi connectivity index (χ3n) is 1.79. The quantitative estimate of drug-likeness (QED) is 0.564. The molecular formula is C8H6N2O3. The molecular weight excluding hydrogens is 172 g/mol. The maximum absolute atomic E-state index is 11.1. The minimum Gasteiger partial charge on any atom is -0.371 e. The summed E-state index contributed by atoms with van der Waals surface area (Å²) in [4.78, 5) is 25.9. The zero-order valence-corrected chi connectivity index (χ0v) is 6.85. The number of aryl methyl sites for hydroxylation is 1. The summed E-state index contributed by atoms with van der Waals surface area (Å²) in [5.41, 5.74) is -0.0490. The minimum absolute atomic E-state index is 0.171. The van der Waals surface area contributed by atoms with E-state index in [0.717, 1.165) is 0 Å². The molecule has 0 aliphatic carbocycles. The molecule has 0 atom stereocenters. The highest BCUT2D eigenvalue weighted by Crippen LogP contribution is 2.01. The summed E-state index contributed by atoms with van der Waals surface area (Å²) >= 11 is 0. The van der Waals surface area contributed by atoms with Crippen LogP contribution in [-0.4, -0.2) is 9.55 Å². The maximum atomic E-state index is 11.1. The fourth-order valence-electron chi connectivity index (χ4n) is 1.12. The summed E-state index contributed by atoms with van der Waals surface area (Å²) in [6, 6.07) is 3.29. The van der Waals surface area contributed by atoms with E-state index in [1.54, 1.807) is 12.1 Å². The Kier molecular flexibility index (Phi) is 1.51. The molecule has 2 rings (SSSR count). The first-order valence-electron chi connectivity index (χ1n) is 3.65. The van der Waals surface area contributed by atoms with Crippen LogP contribution in [0.5, 0.6) is 0 Å². The lowest BCUT2D eigenvalue weighted by Gasteiger charge is -1.98. The van der Waals surface area contributed by atoms with Crippen molar-refractivity contribution in [2.24, 2.45) is 7.05 Å². The van der Waals surface area contributed by atoms with Crippen molar-refractivity contribution in [2.45, 2.75) is 0 Å². The largest absolute Gasteiger partial charge is 0.422 e. The van der Waals surface area contributed by atoms with Crippen LogP contribution in [0.25, 0.3) is 11.0 Å². The standard InChI is InChI=1S/C8H6N2O3/c1-10-5-3-2-4-9-6(5)7(11)13-8(10)12/h2-4H,1H3. The van der Waals surface area contributed by atoms with Crippen molar-refractivity contribution in [1.29, 1.82) is 0 Å². The summed E-state index contributed by atoms with van der Waals surface area (Å²) in [6.45, 7) is 0. The van der Waals surface area contributed by atoms with Crippen LogP contribution in [0.3, 0.4) is 0 Å². The van der Waals surface area contributed by atoms with Gasteiger partial charge in [0, 0.05) is 13.2 Å². The Morgan fingerprint density at radius 1 is 1.46 bits per heavy atom. The van der Waals surface area contributed by atoms with Crippen molar-refractivity contribution in [1.82, 2.24) is 9.55 Å². The zero-order chi connectivity index (χ0) is 9.42. The van der Waals surface area contributed by atoms with Gasteiger partial charge < -0.3 is 4.42 Å². The highest BCUT2D eigenvalue weighted by Gasteiger charge is 2.05. The first-order valence-corrected chi connectivity index (χ1v) is 3.65. The normalized spacial score (nSPS) is 10.5. The zero-order valence-electron chi connectivity index (χ0n) is 6.85. The van der Waals surface area contributed by atoms with E-state index < -0.39 is 11.4 Å². The third-order valence-corrected chi connectivity index (χ3v) is 1.79. The lowest BCUT2D eigenvalue weighted by atomic mass is 10.4. The van der Waals surface area contributed by atoms with Crippen LogP contribution in [0.1, 0.15) is 0 Å². The Morgan fingerprint density at radius 2 is 2.23 bits per heavy atom. The second kappa shape index (κ2) is 2.55. The van der Waals surface area contributed by atoms with Gasteiger partial charge in [-0.2, -0.15) is 0 Å². The maximum Gasteiger partial charge on any atom is 0.422 e. The van der Waals surface area contributed by atoms with Gasteiger partial charge >= 0.3 is 11.4 Å². The van der Waals surface area contributed by atoms with Gasteiger partial charge in [0.1, 0.15) is 0 Å². The monoisotopic (exact) mass is 178 g/mol. The molecule has 5 nitrogen and oxygen atoms in total. The fraction of sp³-hybridized carbons (Fsp3) is 0.125. The van der Waals surface area contributed by atoms with Crippen molar-refractivity contribution < 1.29 is 4.42 Å². The van der Waals surface area contributed by atoms with Gasteiger partial charge in [0.05, 0.1) is 5.52 Å². The van der Waals surface area contributed by atoms with Crippen LogP contribution in [0.2, 0.25) is 0 Å². The SMILES string of the molecule is Cn1c(=O)oc(=O)c2ncccc21. The molecule has 0 N–H and O–H groups in total. The molecule has 2 aromatic rings. The Morgan fingerprint density at radius 3 is 3.00 bits per heavy atom. The smallest absolute Gasteiger partial charge is 0.371 e. The van der Waals surface area contributed by atoms with Gasteiger partial charge in [-0.1, -0.05) is 0 Å². The summed E-state index contributed by atoms with van der Waals surface area (Å²) in [6.07, 6.45) is 1.48. The van der Waals surface area contributed by atoms with Crippen LogP contribution >= 0.6 is 0 Å². The fourth-order valence-corrected chi connectivity index (χ4v) is 1.12. The van der Waals surface area contributed by atoms with Gasteiger partial charge in [0.2, 0.25) is 0 Å². The lowest BCUT2D eigenvalue weighted by molar-refractivity contribution is 0.431. The number of aromatic nitrogens is 2. The summed E-state index contributed by atoms with van der Waals surface area (Å²) < 4.78 is 5.65. The molecule has 0 aliphatic rings. The van der Waals surface area contributed by atoms with Gasteiger partial charge in [-0.3, -0.25) is 4.57 Å². The summed E-state index contributed by atoms with van der Waals surface area (Å²) in [5.74, 6) is -0.675. The first kappa shape index (κ1) is 7.72. The molecule has 0 aliphatic heterocycles. The average molecular weight is 178 g/mol. The van der Waals surface area contributed by atoms with Gasteiger partial charge in [-0.05, 0) is 12.1 Å². The first-order chi connectivity index (χ1) is 6.20. The Labute approximate surface area is 72.3 Å². The number of hydrogen-bond donors (Lipinski definition) is 0. The van der Waals surface area contributed by atoms with Crippen LogP contribution in [0, 0.1) is 0 Å². The molecule has 0 saturated heterocycles. The number of nitrogens with zero attached hydrogens (tertiary/aromatic N) is 2. The van der Waals surface area contributed by atoms with Crippen molar-refractivity contribution >= 4 is 11.0 Å². The van der Waals surface area contributed by atoms with E-state index in [1.807, 2.05) is 0 Å². The predicted octanol–water partition coefficient (Wildman–Crippen LogP) is -0.113. The molecule has 0 radical (unpaired) electrons. The van der Waals surface area contributed by atoms with Crippen LogP contribution in [0.4, 0.5) is 0 Å². The molecule has 2 heterocycles. The van der Waals surface area contributed by atoms with Crippen molar-refractivity contribution in [3.63, 3.8) is 0 Å². The Hall–Kier alpha value is -1.91. The number of rotatable bonds is 0. The van der Waals surface area contributed by atoms with Crippen molar-refractivity contribution in [3.05, 3.63) is 39.3 Å². The Bertz CT molecular complexity index is 567. The van der Waals surface area contributed by atoms with Crippen LogP contribution in [0.15, 0.2) is 32.3 Å². The van der Waals surface area contributed by atoms with Gasteiger partial charge in [-0.15, -0.1) is 0 Å². The molecule has 0 spiro atoms. The lowest BCUT2D eigenvalue weighted by Crippen LogP contribution is -2.22. The van der Waals surface area contributed by atoms with E-state index in [0.29, 0.717) is 5.52 Å². The molecule has 66 valence electrons. The predicted molar refractivity (Wildman–Crippen MR) is 45.5 cm³/mol. The van der Waals surface area contributed by atoms with E-state index in [-0.39, 0.29) is 5.52 Å². The van der Waals surface area contributed by atoms with E-state index in [4.69, 9.17) is 0 Å². The van der Waals surface area contributed by atoms with E-state index in [1.165, 1.54) is 17.8 Å². The highest BCUT2D eigenvalue weighted by molar-refractivity contribution is 5.72. The van der Waals surface area contributed by atoms with Crippen molar-refractivity contribution in [2.75, 3.05) is 0 Å². The molecule has 2 aromatic heterocycles. The summed E-state index contributed by atoms with van der Waals surface area (Å²) in [7, 11) is 1.52. The molecule has 0 fully saturated rings. The Balaban J connectivity index is 3.15. The van der Waals surface area contributed by atoms with E-state index in [2.05, 4.69) is 9.40 Å². The molecule has 5 heteroatoms. The van der Waals surface area contributed by atoms with Gasteiger partial charge in [-0.25, -0.2) is 14.6 Å². The van der Waals surface area contributed by atoms with Crippen molar-refractivity contribution in [3.8, 4) is 0 Å². The van der Waals surface area contributed by atoms with E-state index in [9.17, 15) is 9.59 Å². The van der Waals surface area contributed by atoms with Gasteiger partial charge in [0.15, 0.2) is 5.52 Å². The minimum atomic E-state index is -0.696. The molecule has 13 heavy (non-hydrogen) atoms. The highest BCUT2D eigenvalue weighted by atomic mass is 16.4. The van der Waals surface area contributed by atoms with Gasteiger partial charge in [0.25, 0.3) is 0 Å². The topological polar surface area (TPSA) is 65.1 Å². The average Bonchev–Trinajstić information content (AvgIpc) is 2.15. The molecule has 0 bridgehead atoms. The van der Waals surface area contributed by atoms with E-state index >= 15 is 0 Å².